The van der Waals surface area contributed by atoms with Crippen LogP contribution in [0.5, 0.6) is 5.75 Å². The van der Waals surface area contributed by atoms with Gasteiger partial charge in [-0.25, -0.2) is 0 Å². The highest BCUT2D eigenvalue weighted by molar-refractivity contribution is 5.78. The zero-order chi connectivity index (χ0) is 10.7. The van der Waals surface area contributed by atoms with Gasteiger partial charge in [0.15, 0.2) is 0 Å². The number of phenolic OH excluding ortho intramolecular Hbond substituents is 1. The molecule has 1 aromatic rings. The average Bonchev–Trinajstić information content (AvgIpc) is 2.11. The van der Waals surface area contributed by atoms with Crippen molar-refractivity contribution in [3.63, 3.8) is 0 Å². The van der Waals surface area contributed by atoms with Gasteiger partial charge in [-0.05, 0) is 17.7 Å². The number of benzene rings is 1. The summed E-state index contributed by atoms with van der Waals surface area (Å²) in [5.41, 5.74) is 6.52. The molecule has 0 aliphatic carbocycles. The molecule has 0 radical (unpaired) electrons. The number of aromatic hydroxyl groups is 1. The summed E-state index contributed by atoms with van der Waals surface area (Å²) in [6.07, 6.45) is 0.279. The van der Waals surface area contributed by atoms with Crippen LogP contribution >= 0.6 is 0 Å². The fraction of sp³-hybridized carbons (Fsp3) is 0.300. The molecule has 0 heterocycles. The Kier molecular flexibility index (Phi) is 2.96. The number of carbonyl (C=O) groups excluding carboxylic acids is 1. The Morgan fingerprint density at radius 1 is 1.50 bits per heavy atom. The molecule has 0 fully saturated rings. The first-order valence-electron chi connectivity index (χ1n) is 4.28. The zero-order valence-corrected chi connectivity index (χ0v) is 8.32. The molecule has 0 saturated carbocycles. The molecule has 0 aliphatic heterocycles. The Morgan fingerprint density at radius 2 is 2.14 bits per heavy atom. The van der Waals surface area contributed by atoms with Crippen molar-refractivity contribution in [2.24, 2.45) is 0 Å². The molecular formula is C10H14N2O2. The standard InChI is InChI=1S/C10H14N2O2/c1-12(2)10(14)6-7-3-4-8(11)9(13)5-7/h3-5,13H,6,11H2,1-2H3. The Hall–Kier alpha value is -1.71. The number of phenols is 1. The fourth-order valence-electron chi connectivity index (χ4n) is 1.03. The monoisotopic (exact) mass is 194 g/mol. The molecule has 1 rings (SSSR count). The molecule has 4 nitrogen and oxygen atoms in total. The molecule has 1 amide bonds. The molecule has 0 spiro atoms. The summed E-state index contributed by atoms with van der Waals surface area (Å²) in [5.74, 6) is 0.0169. The molecule has 4 heteroatoms. The van der Waals surface area contributed by atoms with Crippen molar-refractivity contribution in [1.29, 1.82) is 0 Å². The van der Waals surface area contributed by atoms with Gasteiger partial charge >= 0.3 is 0 Å². The van der Waals surface area contributed by atoms with Crippen molar-refractivity contribution in [1.82, 2.24) is 4.90 Å². The predicted molar refractivity (Wildman–Crippen MR) is 54.9 cm³/mol. The maximum atomic E-state index is 11.3. The molecule has 3 N–H and O–H groups in total. The minimum atomic E-state index is -0.00540. The van der Waals surface area contributed by atoms with Crippen molar-refractivity contribution >= 4 is 11.6 Å². The second-order valence-corrected chi connectivity index (χ2v) is 3.36. The van der Waals surface area contributed by atoms with E-state index in [1.54, 1.807) is 26.2 Å². The Balaban J connectivity index is 2.78. The summed E-state index contributed by atoms with van der Waals surface area (Å²) in [5, 5.41) is 9.30. The lowest BCUT2D eigenvalue weighted by Crippen LogP contribution is -2.23. The smallest absolute Gasteiger partial charge is 0.226 e. The number of anilines is 1. The van der Waals surface area contributed by atoms with E-state index in [9.17, 15) is 9.90 Å². The maximum Gasteiger partial charge on any atom is 0.226 e. The summed E-state index contributed by atoms with van der Waals surface area (Å²) < 4.78 is 0. The number of rotatable bonds is 2. The van der Waals surface area contributed by atoms with Gasteiger partial charge in [-0.3, -0.25) is 4.79 Å². The lowest BCUT2D eigenvalue weighted by molar-refractivity contribution is -0.127. The Bertz CT molecular complexity index is 348. The van der Waals surface area contributed by atoms with Crippen LogP contribution in [0.4, 0.5) is 5.69 Å². The van der Waals surface area contributed by atoms with Crippen molar-refractivity contribution in [2.45, 2.75) is 6.42 Å². The third-order valence-electron chi connectivity index (χ3n) is 1.95. The van der Waals surface area contributed by atoms with E-state index in [1.165, 1.54) is 11.0 Å². The van der Waals surface area contributed by atoms with Gasteiger partial charge in [0.25, 0.3) is 0 Å². The summed E-state index contributed by atoms with van der Waals surface area (Å²) in [6.45, 7) is 0. The van der Waals surface area contributed by atoms with Crippen LogP contribution in [0.1, 0.15) is 5.56 Å². The van der Waals surface area contributed by atoms with E-state index in [1.807, 2.05) is 0 Å². The van der Waals surface area contributed by atoms with Crippen molar-refractivity contribution in [3.8, 4) is 5.75 Å². The highest BCUT2D eigenvalue weighted by Gasteiger charge is 2.06. The molecule has 0 aliphatic rings. The average molecular weight is 194 g/mol. The van der Waals surface area contributed by atoms with Gasteiger partial charge in [-0.1, -0.05) is 6.07 Å². The first-order chi connectivity index (χ1) is 6.50. The second kappa shape index (κ2) is 4.00. The van der Waals surface area contributed by atoms with E-state index < -0.39 is 0 Å². The Morgan fingerprint density at radius 3 is 2.64 bits per heavy atom. The topological polar surface area (TPSA) is 66.6 Å². The van der Waals surface area contributed by atoms with E-state index >= 15 is 0 Å². The van der Waals surface area contributed by atoms with Gasteiger partial charge in [0, 0.05) is 14.1 Å². The second-order valence-electron chi connectivity index (χ2n) is 3.36. The molecule has 0 aromatic heterocycles. The number of nitrogen functional groups attached to an aromatic ring is 1. The van der Waals surface area contributed by atoms with Gasteiger partial charge in [0.05, 0.1) is 12.1 Å². The van der Waals surface area contributed by atoms with Crippen LogP contribution in [0, 0.1) is 0 Å². The minimum absolute atomic E-state index is 0.00540. The quantitative estimate of drug-likeness (QED) is 0.535. The first-order valence-corrected chi connectivity index (χ1v) is 4.28. The summed E-state index contributed by atoms with van der Waals surface area (Å²) in [4.78, 5) is 12.8. The SMILES string of the molecule is CN(C)C(=O)Cc1ccc(N)c(O)c1. The molecular weight excluding hydrogens is 180 g/mol. The van der Waals surface area contributed by atoms with Gasteiger partial charge in [-0.2, -0.15) is 0 Å². The van der Waals surface area contributed by atoms with Crippen LogP contribution in [0.25, 0.3) is 0 Å². The summed E-state index contributed by atoms with van der Waals surface area (Å²) in [7, 11) is 3.39. The van der Waals surface area contributed by atoms with Crippen molar-refractivity contribution in [2.75, 3.05) is 19.8 Å². The summed E-state index contributed by atoms with van der Waals surface area (Å²) in [6, 6.07) is 4.83. The number of hydrogen-bond donors (Lipinski definition) is 2. The highest BCUT2D eigenvalue weighted by Crippen LogP contribution is 2.20. The van der Waals surface area contributed by atoms with Crippen LogP contribution in [-0.2, 0) is 11.2 Å². The molecule has 14 heavy (non-hydrogen) atoms. The van der Waals surface area contributed by atoms with Crippen molar-refractivity contribution < 1.29 is 9.90 Å². The number of nitrogens with zero attached hydrogens (tertiary/aromatic N) is 1. The van der Waals surface area contributed by atoms with Gasteiger partial charge < -0.3 is 15.7 Å². The van der Waals surface area contributed by atoms with Gasteiger partial charge in [0.1, 0.15) is 5.75 Å². The van der Waals surface area contributed by atoms with Crippen LogP contribution in [0.2, 0.25) is 0 Å². The van der Waals surface area contributed by atoms with E-state index in [4.69, 9.17) is 5.73 Å². The number of hydrogen-bond acceptors (Lipinski definition) is 3. The van der Waals surface area contributed by atoms with Gasteiger partial charge in [-0.15, -0.1) is 0 Å². The normalized spacial score (nSPS) is 9.86. The number of carbonyl (C=O) groups is 1. The minimum Gasteiger partial charge on any atom is -0.506 e. The lowest BCUT2D eigenvalue weighted by Gasteiger charge is -2.10. The van der Waals surface area contributed by atoms with Crippen LogP contribution in [0.15, 0.2) is 18.2 Å². The molecule has 76 valence electrons. The number of amides is 1. The molecule has 1 aromatic carbocycles. The number of nitrogens with two attached hydrogens (primary N) is 1. The molecule has 0 saturated heterocycles. The van der Waals surface area contributed by atoms with Crippen LogP contribution in [-0.4, -0.2) is 30.0 Å². The molecule has 0 bridgehead atoms. The zero-order valence-electron chi connectivity index (χ0n) is 8.32. The first kappa shape index (κ1) is 10.4. The lowest BCUT2D eigenvalue weighted by atomic mass is 10.1. The van der Waals surface area contributed by atoms with E-state index in [0.29, 0.717) is 5.69 Å². The van der Waals surface area contributed by atoms with E-state index in [0.717, 1.165) is 5.56 Å². The predicted octanol–water partition coefficient (Wildman–Crippen LogP) is 0.605. The largest absolute Gasteiger partial charge is 0.506 e. The third kappa shape index (κ3) is 2.39. The third-order valence-corrected chi connectivity index (χ3v) is 1.95. The highest BCUT2D eigenvalue weighted by atomic mass is 16.3. The van der Waals surface area contributed by atoms with Crippen LogP contribution in [0.3, 0.4) is 0 Å². The van der Waals surface area contributed by atoms with Gasteiger partial charge in [0.2, 0.25) is 5.91 Å². The van der Waals surface area contributed by atoms with Crippen LogP contribution < -0.4 is 5.73 Å². The Labute approximate surface area is 82.9 Å². The van der Waals surface area contributed by atoms with E-state index in [-0.39, 0.29) is 18.1 Å². The van der Waals surface area contributed by atoms with E-state index in [2.05, 4.69) is 0 Å². The fourth-order valence-corrected chi connectivity index (χ4v) is 1.03. The summed E-state index contributed by atoms with van der Waals surface area (Å²) >= 11 is 0. The van der Waals surface area contributed by atoms with Crippen molar-refractivity contribution in [3.05, 3.63) is 23.8 Å². The number of likely N-dealkylation sites (N-methyl/N-ethyl adjacent to an activating group) is 1. The maximum absolute atomic E-state index is 11.3. The molecule has 0 unspecified atom stereocenters. The molecule has 0 atom stereocenters.